The molecule has 324 valence electrons. The van der Waals surface area contributed by atoms with Gasteiger partial charge in [0.2, 0.25) is 17.6 Å². The van der Waals surface area contributed by atoms with E-state index in [1.54, 1.807) is 32.2 Å². The molecule has 17 nitrogen and oxygen atoms in total. The quantitative estimate of drug-likeness (QED) is 0.0717. The smallest absolute Gasteiger partial charge is 0.407 e. The van der Waals surface area contributed by atoms with Gasteiger partial charge >= 0.3 is 6.09 Å². The number of likely N-dealkylation sites (tertiary alicyclic amines) is 1. The van der Waals surface area contributed by atoms with Crippen LogP contribution in [0.5, 0.6) is 0 Å². The number of alkyl carbamates (subject to hydrolysis) is 1. The van der Waals surface area contributed by atoms with E-state index in [4.69, 9.17) is 10.5 Å². The Morgan fingerprint density at radius 1 is 0.934 bits per heavy atom. The van der Waals surface area contributed by atoms with Crippen molar-refractivity contribution >= 4 is 46.3 Å². The number of hydrogen-bond acceptors (Lipinski definition) is 11. The maximum atomic E-state index is 14.9. The van der Waals surface area contributed by atoms with Crippen molar-refractivity contribution < 1.29 is 38.6 Å². The average Bonchev–Trinajstić information content (AvgIpc) is 3.94. The molecule has 1 saturated heterocycles. The molecule has 6 N–H and O–H groups in total. The summed E-state index contributed by atoms with van der Waals surface area (Å²) in [7, 11) is 0. The number of fused-ring (bicyclic) bond motifs is 1. The fourth-order valence-corrected chi connectivity index (χ4v) is 8.29. The zero-order valence-electron chi connectivity index (χ0n) is 34.6. The van der Waals surface area contributed by atoms with E-state index in [9.17, 15) is 33.9 Å². The van der Waals surface area contributed by atoms with E-state index in [2.05, 4.69) is 31.2 Å². The van der Waals surface area contributed by atoms with E-state index in [1.165, 1.54) is 15.8 Å². The summed E-state index contributed by atoms with van der Waals surface area (Å²) in [6.07, 6.45) is 8.25. The lowest BCUT2D eigenvalue weighted by Gasteiger charge is -2.32. The van der Waals surface area contributed by atoms with Crippen LogP contribution in [0.2, 0.25) is 0 Å². The molecule has 6 rings (SSSR count). The summed E-state index contributed by atoms with van der Waals surface area (Å²) in [5.41, 5.74) is 5.42. The van der Waals surface area contributed by atoms with Gasteiger partial charge in [0, 0.05) is 31.1 Å². The molecule has 4 atom stereocenters. The van der Waals surface area contributed by atoms with E-state index in [0.29, 0.717) is 30.3 Å². The van der Waals surface area contributed by atoms with Crippen LogP contribution < -0.4 is 21.7 Å². The third-order valence-corrected chi connectivity index (χ3v) is 11.5. The Hall–Kier alpha value is -6.23. The van der Waals surface area contributed by atoms with Crippen molar-refractivity contribution in [3.05, 3.63) is 90.0 Å². The summed E-state index contributed by atoms with van der Waals surface area (Å²) in [6, 6.07) is 14.2. The second-order valence-electron chi connectivity index (χ2n) is 16.4. The van der Waals surface area contributed by atoms with E-state index in [-0.39, 0.29) is 44.1 Å². The van der Waals surface area contributed by atoms with E-state index >= 15 is 0 Å². The number of carbonyl (C=O) groups excluding carboxylic acids is 6. The lowest BCUT2D eigenvalue weighted by molar-refractivity contribution is -0.142. The summed E-state index contributed by atoms with van der Waals surface area (Å²) in [4.78, 5) is 86.7. The summed E-state index contributed by atoms with van der Waals surface area (Å²) in [6.45, 7) is 3.42. The number of benzene rings is 2. The molecule has 3 heterocycles. The van der Waals surface area contributed by atoms with E-state index < -0.39 is 65.3 Å². The number of nitrogens with two attached hydrogens (primary N) is 1. The van der Waals surface area contributed by atoms with Crippen LogP contribution in [0.4, 0.5) is 4.79 Å². The molecule has 1 unspecified atom stereocenters. The average molecular weight is 838 g/mol. The molecule has 4 aromatic rings. The van der Waals surface area contributed by atoms with Crippen molar-refractivity contribution in [1.29, 1.82) is 0 Å². The molecule has 1 saturated carbocycles. The first kappa shape index (κ1) is 44.3. The molecule has 17 heteroatoms. The highest BCUT2D eigenvalue weighted by Gasteiger charge is 2.45. The van der Waals surface area contributed by atoms with Gasteiger partial charge in [-0.3, -0.25) is 29.0 Å². The molecule has 0 radical (unpaired) electrons. The molecule has 2 aliphatic rings. The van der Waals surface area contributed by atoms with Crippen LogP contribution in [0.25, 0.3) is 10.8 Å². The second-order valence-corrected chi connectivity index (χ2v) is 16.4. The lowest BCUT2D eigenvalue weighted by Crippen LogP contribution is -2.56. The van der Waals surface area contributed by atoms with Gasteiger partial charge in [-0.2, -0.15) is 0 Å². The molecule has 1 aliphatic heterocycles. The lowest BCUT2D eigenvalue weighted by atomic mass is 9.84. The number of Topliss-reactive ketones (excluding diaryl/α,β-unsaturated/α-hetero) is 1. The van der Waals surface area contributed by atoms with Gasteiger partial charge in [0.25, 0.3) is 11.8 Å². The number of ether oxygens (including phenoxy) is 1. The number of rotatable bonds is 18. The number of aromatic nitrogens is 4. The second kappa shape index (κ2) is 20.4. The third kappa shape index (κ3) is 11.5. The number of unbranched alkanes of at least 4 members (excludes halogenated alkanes) is 1. The fourth-order valence-electron chi connectivity index (χ4n) is 8.29. The van der Waals surface area contributed by atoms with Gasteiger partial charge < -0.3 is 36.4 Å². The molecule has 5 amide bonds. The number of primary amides is 1. The number of nitrogens with one attached hydrogen (secondary N) is 3. The van der Waals surface area contributed by atoms with Crippen molar-refractivity contribution in [2.24, 2.45) is 11.7 Å². The minimum Gasteiger partial charge on any atom is -0.445 e. The number of nitrogens with zero attached hydrogens (tertiary/aromatic N) is 5. The molecular formula is C44H55N9O8. The Morgan fingerprint density at radius 2 is 1.67 bits per heavy atom. The minimum absolute atomic E-state index is 0.0165. The van der Waals surface area contributed by atoms with Crippen LogP contribution in [0.15, 0.2) is 73.1 Å². The Labute approximate surface area is 354 Å². The Kier molecular flexibility index (Phi) is 14.8. The zero-order chi connectivity index (χ0) is 43.5. The number of carbonyl (C=O) groups is 6. The first-order chi connectivity index (χ1) is 29.3. The molecule has 0 spiro atoms. The standard InChI is InChI=1S/C44H55N9O8/c1-44(2,60)36-25-48-51-53(36)31-24-35(40(56)49-33(38(54)39(45)55)19-11-12-21-47-43(59)61-27-29-15-7-4-8-16-29)52(26-31)42(58)34(23-28-13-5-3-6-14-28)50-41(57)37-32-18-10-9-17-30(32)20-22-46-37/h4,7-10,15-18,20,22,25,28,31,33-35,60H,3,5-6,11-14,19,21,23-24,26-27H2,1-2H3,(H2,45,55)(H,47,59)(H,49,56)(H,50,57)/t31-,33?,34+,35-/m0/s1. The van der Waals surface area contributed by atoms with Crippen LogP contribution in [0.3, 0.4) is 0 Å². The van der Waals surface area contributed by atoms with Gasteiger partial charge in [0.15, 0.2) is 0 Å². The number of pyridine rings is 1. The van der Waals surface area contributed by atoms with E-state index in [1.807, 2.05) is 48.5 Å². The molecular weight excluding hydrogens is 783 g/mol. The van der Waals surface area contributed by atoms with Crippen LogP contribution in [-0.4, -0.2) is 96.7 Å². The van der Waals surface area contributed by atoms with Gasteiger partial charge in [-0.25, -0.2) is 9.48 Å². The Bertz CT molecular complexity index is 2180. The Balaban J connectivity index is 1.20. The van der Waals surface area contributed by atoms with Crippen molar-refractivity contribution in [3.63, 3.8) is 0 Å². The summed E-state index contributed by atoms with van der Waals surface area (Å²) >= 11 is 0. The minimum atomic E-state index is -1.37. The molecule has 61 heavy (non-hydrogen) atoms. The van der Waals surface area contributed by atoms with Crippen molar-refractivity contribution in [3.8, 4) is 0 Å². The molecule has 2 aromatic carbocycles. The van der Waals surface area contributed by atoms with Crippen LogP contribution >= 0.6 is 0 Å². The molecule has 2 aromatic heterocycles. The van der Waals surface area contributed by atoms with Crippen molar-refractivity contribution in [1.82, 2.24) is 40.8 Å². The normalized spacial score (nSPS) is 17.9. The predicted molar refractivity (Wildman–Crippen MR) is 223 cm³/mol. The number of ketones is 1. The molecule has 1 aliphatic carbocycles. The zero-order valence-corrected chi connectivity index (χ0v) is 34.6. The number of aliphatic hydroxyl groups is 1. The van der Waals surface area contributed by atoms with Crippen LogP contribution in [0.1, 0.15) is 106 Å². The van der Waals surface area contributed by atoms with Gasteiger partial charge in [0.1, 0.15) is 30.0 Å². The van der Waals surface area contributed by atoms with Gasteiger partial charge in [0.05, 0.1) is 24.0 Å². The monoisotopic (exact) mass is 837 g/mol. The molecule has 2 fully saturated rings. The van der Waals surface area contributed by atoms with Gasteiger partial charge in [-0.15, -0.1) is 5.10 Å². The van der Waals surface area contributed by atoms with Crippen LogP contribution in [0, 0.1) is 5.92 Å². The fraction of sp³-hybridized carbons (Fsp3) is 0.477. The third-order valence-electron chi connectivity index (χ3n) is 11.5. The number of hydrogen-bond donors (Lipinski definition) is 5. The first-order valence-corrected chi connectivity index (χ1v) is 21.0. The maximum Gasteiger partial charge on any atom is 0.407 e. The van der Waals surface area contributed by atoms with Crippen molar-refractivity contribution in [2.45, 2.75) is 114 Å². The van der Waals surface area contributed by atoms with Crippen molar-refractivity contribution in [2.75, 3.05) is 13.1 Å². The highest BCUT2D eigenvalue weighted by Crippen LogP contribution is 2.34. The maximum absolute atomic E-state index is 14.9. The summed E-state index contributed by atoms with van der Waals surface area (Å²) in [5.74, 6) is -3.85. The highest BCUT2D eigenvalue weighted by atomic mass is 16.5. The predicted octanol–water partition coefficient (Wildman–Crippen LogP) is 3.60. The Morgan fingerprint density at radius 3 is 2.41 bits per heavy atom. The van der Waals surface area contributed by atoms with E-state index in [0.717, 1.165) is 43.1 Å². The SMILES string of the molecule is CC(C)(O)c1cnnn1[C@H]1C[C@@H](C(=O)NC(CCCCNC(=O)OCc2ccccc2)C(=O)C(N)=O)N(C(=O)[C@@H](CC2CCCCC2)NC(=O)c2nccc3ccccc23)C1. The topological polar surface area (TPSA) is 241 Å². The number of amides is 5. The van der Waals surface area contributed by atoms with Gasteiger partial charge in [-0.05, 0) is 62.5 Å². The van der Waals surface area contributed by atoms with Crippen LogP contribution in [-0.2, 0) is 36.1 Å². The largest absolute Gasteiger partial charge is 0.445 e. The summed E-state index contributed by atoms with van der Waals surface area (Å²) < 4.78 is 6.73. The molecule has 0 bridgehead atoms. The van der Waals surface area contributed by atoms with Gasteiger partial charge in [-0.1, -0.05) is 91.9 Å². The highest BCUT2D eigenvalue weighted by molar-refractivity contribution is 6.37. The first-order valence-electron chi connectivity index (χ1n) is 21.0. The summed E-state index contributed by atoms with van der Waals surface area (Å²) in [5, 5.41) is 28.9.